The molecule has 1 atom stereocenters. The molecule has 1 unspecified atom stereocenters. The Balaban J connectivity index is 1.70. The van der Waals surface area contributed by atoms with Crippen molar-refractivity contribution in [2.24, 2.45) is 5.10 Å². The van der Waals surface area contributed by atoms with Crippen LogP contribution in [0.2, 0.25) is 0 Å². The number of methoxy groups -OCH3 is 4. The Morgan fingerprint density at radius 3 is 2.24 bits per heavy atom. The van der Waals surface area contributed by atoms with E-state index in [0.29, 0.717) is 42.6 Å². The Labute approximate surface area is 199 Å². The number of hydrogen-bond acceptors (Lipinski definition) is 8. The fourth-order valence-corrected chi connectivity index (χ4v) is 4.30. The summed E-state index contributed by atoms with van der Waals surface area (Å²) in [7, 11) is 6.44. The van der Waals surface area contributed by atoms with Gasteiger partial charge in [-0.25, -0.2) is 5.01 Å². The van der Waals surface area contributed by atoms with Gasteiger partial charge in [0.25, 0.3) is 5.91 Å². The van der Waals surface area contributed by atoms with Crippen LogP contribution in [0.15, 0.2) is 41.5 Å². The Hall–Kier alpha value is -3.30. The first kappa shape index (κ1) is 23.8. The first-order valence-electron chi connectivity index (χ1n) is 11.2. The molecular weight excluding hydrogens is 438 g/mol. The lowest BCUT2D eigenvalue weighted by atomic mass is 9.97. The third-order valence-corrected chi connectivity index (χ3v) is 6.15. The smallest absolute Gasteiger partial charge is 0.257 e. The average molecular weight is 470 g/mol. The van der Waals surface area contributed by atoms with Crippen LogP contribution in [0.3, 0.4) is 0 Å². The number of carbonyl (C=O) groups excluding carboxylic acids is 1. The molecule has 0 aromatic heterocycles. The summed E-state index contributed by atoms with van der Waals surface area (Å²) in [5.41, 5.74) is 2.45. The van der Waals surface area contributed by atoms with Crippen molar-refractivity contribution >= 4 is 11.6 Å². The second kappa shape index (κ2) is 10.8. The minimum Gasteiger partial charge on any atom is -0.497 e. The number of benzene rings is 2. The summed E-state index contributed by atoms with van der Waals surface area (Å²) >= 11 is 0. The Bertz CT molecular complexity index is 1050. The van der Waals surface area contributed by atoms with Crippen molar-refractivity contribution in [3.63, 3.8) is 0 Å². The number of morpholine rings is 1. The fraction of sp³-hybridized carbons (Fsp3) is 0.440. The molecule has 34 heavy (non-hydrogen) atoms. The maximum atomic E-state index is 13.5. The molecule has 0 spiro atoms. The topological polar surface area (TPSA) is 82.1 Å². The van der Waals surface area contributed by atoms with Crippen molar-refractivity contribution in [1.82, 2.24) is 9.91 Å². The van der Waals surface area contributed by atoms with Gasteiger partial charge in [0, 0.05) is 42.8 Å². The Kier molecular flexibility index (Phi) is 7.54. The van der Waals surface area contributed by atoms with Crippen LogP contribution in [0.5, 0.6) is 23.0 Å². The van der Waals surface area contributed by atoms with Gasteiger partial charge in [-0.05, 0) is 24.3 Å². The maximum Gasteiger partial charge on any atom is 0.257 e. The van der Waals surface area contributed by atoms with Crippen molar-refractivity contribution in [3.05, 3.63) is 47.5 Å². The van der Waals surface area contributed by atoms with Crippen molar-refractivity contribution in [1.29, 1.82) is 0 Å². The molecule has 2 heterocycles. The fourth-order valence-electron chi connectivity index (χ4n) is 4.30. The highest BCUT2D eigenvalue weighted by Gasteiger charge is 2.36. The van der Waals surface area contributed by atoms with E-state index < -0.39 is 0 Å². The quantitative estimate of drug-likeness (QED) is 0.588. The second-order valence-corrected chi connectivity index (χ2v) is 8.07. The summed E-state index contributed by atoms with van der Waals surface area (Å²) in [5, 5.41) is 6.38. The zero-order chi connectivity index (χ0) is 24.1. The van der Waals surface area contributed by atoms with Gasteiger partial charge in [0.05, 0.1) is 60.0 Å². The second-order valence-electron chi connectivity index (χ2n) is 8.07. The summed E-state index contributed by atoms with van der Waals surface area (Å²) in [6.45, 7) is 2.97. The van der Waals surface area contributed by atoms with E-state index in [-0.39, 0.29) is 18.5 Å². The lowest BCUT2D eigenvalue weighted by Crippen LogP contribution is -2.43. The van der Waals surface area contributed by atoms with Gasteiger partial charge in [0.15, 0.2) is 0 Å². The Morgan fingerprint density at radius 2 is 1.59 bits per heavy atom. The molecular formula is C25H31N3O6. The predicted octanol–water partition coefficient (Wildman–Crippen LogP) is 2.73. The number of hydrogen-bond donors (Lipinski definition) is 0. The molecule has 2 aromatic carbocycles. The number of amides is 1. The van der Waals surface area contributed by atoms with E-state index in [1.807, 2.05) is 36.4 Å². The van der Waals surface area contributed by atoms with E-state index >= 15 is 0 Å². The minimum atomic E-state index is -0.323. The predicted molar refractivity (Wildman–Crippen MR) is 127 cm³/mol. The zero-order valence-electron chi connectivity index (χ0n) is 20.1. The third kappa shape index (κ3) is 4.95. The van der Waals surface area contributed by atoms with Gasteiger partial charge in [0.1, 0.15) is 23.0 Å². The standard InChI is InChI=1S/C25H31N3O6/c1-30-17-5-7-19(23(13-17)32-3)21-15-22(20-8-6-18(31-2)14-24(20)33-4)28(26-21)25(29)16-27-9-11-34-12-10-27/h5-8,13-14,22H,9-12,15-16H2,1-4H3. The number of ether oxygens (including phenoxy) is 5. The minimum absolute atomic E-state index is 0.0766. The molecule has 4 rings (SSSR count). The van der Waals surface area contributed by atoms with Crippen LogP contribution in [0.4, 0.5) is 0 Å². The van der Waals surface area contributed by atoms with E-state index in [4.69, 9.17) is 28.8 Å². The maximum absolute atomic E-state index is 13.5. The van der Waals surface area contributed by atoms with Crippen molar-refractivity contribution < 1.29 is 28.5 Å². The van der Waals surface area contributed by atoms with Crippen LogP contribution in [-0.2, 0) is 9.53 Å². The summed E-state index contributed by atoms with van der Waals surface area (Å²) < 4.78 is 27.4. The van der Waals surface area contributed by atoms with Gasteiger partial charge in [-0.2, -0.15) is 5.10 Å². The Morgan fingerprint density at radius 1 is 0.941 bits per heavy atom. The van der Waals surface area contributed by atoms with Crippen LogP contribution >= 0.6 is 0 Å². The van der Waals surface area contributed by atoms with Crippen LogP contribution < -0.4 is 18.9 Å². The monoisotopic (exact) mass is 469 g/mol. The van der Waals surface area contributed by atoms with Gasteiger partial charge < -0.3 is 23.7 Å². The van der Waals surface area contributed by atoms with Gasteiger partial charge >= 0.3 is 0 Å². The van der Waals surface area contributed by atoms with Crippen LogP contribution in [0.1, 0.15) is 23.6 Å². The number of nitrogens with zero attached hydrogens (tertiary/aromatic N) is 3. The molecule has 1 saturated heterocycles. The van der Waals surface area contributed by atoms with Crippen LogP contribution in [0.25, 0.3) is 0 Å². The molecule has 0 bridgehead atoms. The highest BCUT2D eigenvalue weighted by Crippen LogP contribution is 2.40. The largest absolute Gasteiger partial charge is 0.497 e. The van der Waals surface area contributed by atoms with Crippen molar-refractivity contribution in [2.45, 2.75) is 12.5 Å². The van der Waals surface area contributed by atoms with E-state index in [2.05, 4.69) is 4.90 Å². The summed E-state index contributed by atoms with van der Waals surface area (Å²) in [4.78, 5) is 15.6. The molecule has 0 radical (unpaired) electrons. The van der Waals surface area contributed by atoms with E-state index in [9.17, 15) is 4.79 Å². The normalized spacial score (nSPS) is 18.4. The highest BCUT2D eigenvalue weighted by molar-refractivity contribution is 6.05. The summed E-state index contributed by atoms with van der Waals surface area (Å²) in [5.74, 6) is 2.58. The van der Waals surface area contributed by atoms with Gasteiger partial charge in [-0.15, -0.1) is 0 Å². The van der Waals surface area contributed by atoms with Crippen molar-refractivity contribution in [3.8, 4) is 23.0 Å². The first-order chi connectivity index (χ1) is 16.6. The first-order valence-corrected chi connectivity index (χ1v) is 11.2. The molecule has 0 aliphatic carbocycles. The molecule has 2 aromatic rings. The molecule has 0 saturated carbocycles. The molecule has 0 N–H and O–H groups in total. The van der Waals surface area contributed by atoms with E-state index in [0.717, 1.165) is 29.9 Å². The lowest BCUT2D eigenvalue weighted by molar-refractivity contribution is -0.135. The summed E-state index contributed by atoms with van der Waals surface area (Å²) in [6, 6.07) is 10.9. The molecule has 9 heteroatoms. The number of rotatable bonds is 8. The van der Waals surface area contributed by atoms with Gasteiger partial charge in [0.2, 0.25) is 0 Å². The average Bonchev–Trinajstić information content (AvgIpc) is 3.33. The molecule has 182 valence electrons. The summed E-state index contributed by atoms with van der Waals surface area (Å²) in [6.07, 6.45) is 0.514. The van der Waals surface area contributed by atoms with E-state index in [1.54, 1.807) is 33.4 Å². The van der Waals surface area contributed by atoms with E-state index in [1.165, 1.54) is 0 Å². The van der Waals surface area contributed by atoms with Gasteiger partial charge in [-0.3, -0.25) is 9.69 Å². The zero-order valence-corrected chi connectivity index (χ0v) is 20.1. The molecule has 1 fully saturated rings. The SMILES string of the molecule is COc1ccc(C2=NN(C(=O)CN3CCOCC3)C(c3ccc(OC)cc3OC)C2)c(OC)c1. The van der Waals surface area contributed by atoms with Crippen LogP contribution in [0, 0.1) is 0 Å². The van der Waals surface area contributed by atoms with Crippen LogP contribution in [-0.4, -0.2) is 82.8 Å². The molecule has 9 nitrogen and oxygen atoms in total. The number of carbonyl (C=O) groups is 1. The molecule has 1 amide bonds. The lowest BCUT2D eigenvalue weighted by Gasteiger charge is -2.29. The van der Waals surface area contributed by atoms with Crippen molar-refractivity contribution in [2.75, 3.05) is 61.3 Å². The third-order valence-electron chi connectivity index (χ3n) is 6.15. The highest BCUT2D eigenvalue weighted by atomic mass is 16.5. The molecule has 2 aliphatic heterocycles. The van der Waals surface area contributed by atoms with Gasteiger partial charge in [-0.1, -0.05) is 0 Å². The molecule has 2 aliphatic rings. The number of hydrazone groups is 1.